The van der Waals surface area contributed by atoms with Gasteiger partial charge in [-0.05, 0) is 26.7 Å². The maximum atomic E-state index is 12.8. The van der Waals surface area contributed by atoms with Crippen molar-refractivity contribution in [1.82, 2.24) is 9.80 Å². The molecule has 2 atom stereocenters. The smallest absolute Gasteiger partial charge is 0.272 e. The summed E-state index contributed by atoms with van der Waals surface area (Å²) in [6.45, 7) is 5.40. The van der Waals surface area contributed by atoms with Crippen LogP contribution in [-0.4, -0.2) is 52.9 Å². The van der Waals surface area contributed by atoms with Gasteiger partial charge in [0.2, 0.25) is 5.91 Å². The Bertz CT molecular complexity index is 375. The number of amides is 2. The molecule has 2 rings (SSSR count). The first-order valence-electron chi connectivity index (χ1n) is 6.25. The van der Waals surface area contributed by atoms with E-state index in [-0.39, 0.29) is 11.9 Å². The minimum atomic E-state index is -2.00. The van der Waals surface area contributed by atoms with Gasteiger partial charge in [-0.2, -0.15) is 0 Å². The van der Waals surface area contributed by atoms with Crippen molar-refractivity contribution in [2.75, 3.05) is 19.6 Å². The summed E-state index contributed by atoms with van der Waals surface area (Å²) in [7, 11) is 0. The molecule has 0 aromatic rings. The topological polar surface area (TPSA) is 40.6 Å². The molecule has 6 heteroatoms. The van der Waals surface area contributed by atoms with Gasteiger partial charge in [0.1, 0.15) is 0 Å². The highest BCUT2D eigenvalue weighted by Crippen LogP contribution is 2.41. The van der Waals surface area contributed by atoms with Gasteiger partial charge < -0.3 is 9.80 Å². The second-order valence-electron chi connectivity index (χ2n) is 5.43. The third-order valence-electron chi connectivity index (χ3n) is 4.02. The second-order valence-corrected chi connectivity index (χ2v) is 5.82. The van der Waals surface area contributed by atoms with E-state index < -0.39 is 17.0 Å². The molecule has 0 aromatic heterocycles. The van der Waals surface area contributed by atoms with Crippen LogP contribution in [0.1, 0.15) is 26.7 Å². The fourth-order valence-corrected chi connectivity index (χ4v) is 3.06. The van der Waals surface area contributed by atoms with Crippen LogP contribution in [-0.2, 0) is 9.59 Å². The summed E-state index contributed by atoms with van der Waals surface area (Å²) < 4.78 is 12.8. The number of likely N-dealkylation sites (tertiary alicyclic amines) is 2. The summed E-state index contributed by atoms with van der Waals surface area (Å²) in [6.07, 6.45) is 1.36. The molecule has 18 heavy (non-hydrogen) atoms. The van der Waals surface area contributed by atoms with Crippen LogP contribution in [0.5, 0.6) is 0 Å². The van der Waals surface area contributed by atoms with Crippen LogP contribution in [0.3, 0.4) is 0 Å². The standard InChI is InChI=1S/C12H18ClFN2O2/c1-8(2)16-6-4-12(11(16)18)3-5-15(7-12)10(17)9(13)14/h8-9H,3-7H2,1-2H3/t9-,12-/m0/s1. The zero-order valence-electron chi connectivity index (χ0n) is 10.7. The molecule has 0 aliphatic carbocycles. The van der Waals surface area contributed by atoms with E-state index in [1.807, 2.05) is 18.7 Å². The van der Waals surface area contributed by atoms with Gasteiger partial charge in [-0.15, -0.1) is 0 Å². The van der Waals surface area contributed by atoms with Crippen molar-refractivity contribution < 1.29 is 14.0 Å². The number of carbonyl (C=O) groups excluding carboxylic acids is 2. The fourth-order valence-electron chi connectivity index (χ4n) is 2.92. The molecule has 2 fully saturated rings. The van der Waals surface area contributed by atoms with Gasteiger partial charge in [-0.3, -0.25) is 9.59 Å². The van der Waals surface area contributed by atoms with Crippen molar-refractivity contribution in [3.8, 4) is 0 Å². The Labute approximate surface area is 111 Å². The van der Waals surface area contributed by atoms with Crippen LogP contribution >= 0.6 is 11.6 Å². The number of nitrogens with zero attached hydrogens (tertiary/aromatic N) is 2. The number of halogens is 2. The predicted molar refractivity (Wildman–Crippen MR) is 65.8 cm³/mol. The highest BCUT2D eigenvalue weighted by atomic mass is 35.5. The number of hydrogen-bond donors (Lipinski definition) is 0. The highest BCUT2D eigenvalue weighted by Gasteiger charge is 2.52. The van der Waals surface area contributed by atoms with Crippen LogP contribution in [0.2, 0.25) is 0 Å². The van der Waals surface area contributed by atoms with E-state index in [9.17, 15) is 14.0 Å². The molecule has 0 aromatic carbocycles. The molecule has 2 heterocycles. The third kappa shape index (κ3) is 2.09. The van der Waals surface area contributed by atoms with Gasteiger partial charge in [0.05, 0.1) is 5.41 Å². The van der Waals surface area contributed by atoms with Crippen LogP contribution < -0.4 is 0 Å². The van der Waals surface area contributed by atoms with Crippen molar-refractivity contribution >= 4 is 23.4 Å². The minimum Gasteiger partial charge on any atom is -0.340 e. The lowest BCUT2D eigenvalue weighted by Crippen LogP contribution is -2.41. The number of hydrogen-bond acceptors (Lipinski definition) is 2. The Kier molecular flexibility index (Phi) is 3.54. The molecule has 2 aliphatic heterocycles. The zero-order valence-corrected chi connectivity index (χ0v) is 11.4. The molecule has 0 radical (unpaired) electrons. The van der Waals surface area contributed by atoms with Crippen LogP contribution in [0, 0.1) is 5.41 Å². The highest BCUT2D eigenvalue weighted by molar-refractivity contribution is 6.29. The normalized spacial score (nSPS) is 29.7. The minimum absolute atomic E-state index is 0.0952. The number of alkyl halides is 2. The van der Waals surface area contributed by atoms with Crippen LogP contribution in [0.15, 0.2) is 0 Å². The number of carbonyl (C=O) groups is 2. The third-order valence-corrected chi connectivity index (χ3v) is 4.21. The Hall–Kier alpha value is -0.840. The molecular weight excluding hydrogens is 259 g/mol. The van der Waals surface area contributed by atoms with E-state index in [1.165, 1.54) is 4.90 Å². The molecule has 0 saturated carbocycles. The largest absolute Gasteiger partial charge is 0.340 e. The first-order chi connectivity index (χ1) is 8.37. The van der Waals surface area contributed by atoms with Crippen molar-refractivity contribution in [3.63, 3.8) is 0 Å². The summed E-state index contributed by atoms with van der Waals surface area (Å²) in [5, 5.41) is 0. The Morgan fingerprint density at radius 3 is 2.50 bits per heavy atom. The van der Waals surface area contributed by atoms with Gasteiger partial charge >= 0.3 is 0 Å². The Balaban J connectivity index is 2.08. The summed E-state index contributed by atoms with van der Waals surface area (Å²) in [5.41, 5.74) is -2.50. The fraction of sp³-hybridized carbons (Fsp3) is 0.833. The molecule has 2 aliphatic rings. The van der Waals surface area contributed by atoms with Crippen LogP contribution in [0.25, 0.3) is 0 Å². The average molecular weight is 277 g/mol. The second kappa shape index (κ2) is 4.68. The summed E-state index contributed by atoms with van der Waals surface area (Å²) in [5.74, 6) is -0.623. The molecular formula is C12H18ClFN2O2. The molecule has 2 amide bonds. The first-order valence-corrected chi connectivity index (χ1v) is 6.69. The molecule has 0 N–H and O–H groups in total. The molecule has 0 bridgehead atoms. The van der Waals surface area contributed by atoms with Gasteiger partial charge in [0, 0.05) is 25.7 Å². The van der Waals surface area contributed by atoms with Crippen molar-refractivity contribution in [1.29, 1.82) is 0 Å². The lowest BCUT2D eigenvalue weighted by atomic mass is 9.85. The SMILES string of the molecule is CC(C)N1CC[C@]2(CCN(C(=O)[C@H](F)Cl)C2)C1=O. The van der Waals surface area contributed by atoms with Gasteiger partial charge in [0.15, 0.2) is 0 Å². The van der Waals surface area contributed by atoms with Crippen LogP contribution in [0.4, 0.5) is 4.39 Å². The van der Waals surface area contributed by atoms with E-state index in [0.29, 0.717) is 19.5 Å². The lowest BCUT2D eigenvalue weighted by Gasteiger charge is -2.25. The maximum absolute atomic E-state index is 12.8. The number of rotatable bonds is 2. The summed E-state index contributed by atoms with van der Waals surface area (Å²) in [4.78, 5) is 27.1. The maximum Gasteiger partial charge on any atom is 0.272 e. The quantitative estimate of drug-likeness (QED) is 0.715. The Morgan fingerprint density at radius 1 is 1.39 bits per heavy atom. The average Bonchev–Trinajstić information content (AvgIpc) is 2.85. The summed E-state index contributed by atoms with van der Waals surface area (Å²) in [6, 6.07) is 0.170. The predicted octanol–water partition coefficient (Wildman–Crippen LogP) is 1.38. The van der Waals surface area contributed by atoms with Gasteiger partial charge in [-0.1, -0.05) is 11.6 Å². The van der Waals surface area contributed by atoms with Gasteiger partial charge in [-0.25, -0.2) is 4.39 Å². The molecule has 102 valence electrons. The van der Waals surface area contributed by atoms with Crippen molar-refractivity contribution in [2.24, 2.45) is 5.41 Å². The van der Waals surface area contributed by atoms with E-state index in [1.54, 1.807) is 0 Å². The zero-order chi connectivity index (χ0) is 13.5. The van der Waals surface area contributed by atoms with Crippen molar-refractivity contribution in [2.45, 2.75) is 38.4 Å². The molecule has 1 spiro atoms. The van der Waals surface area contributed by atoms with Crippen molar-refractivity contribution in [3.05, 3.63) is 0 Å². The first kappa shape index (κ1) is 13.6. The molecule has 0 unspecified atom stereocenters. The van der Waals surface area contributed by atoms with E-state index in [0.717, 1.165) is 13.0 Å². The Morgan fingerprint density at radius 2 is 2.00 bits per heavy atom. The van der Waals surface area contributed by atoms with E-state index in [4.69, 9.17) is 11.6 Å². The van der Waals surface area contributed by atoms with E-state index in [2.05, 4.69) is 0 Å². The summed E-state index contributed by atoms with van der Waals surface area (Å²) >= 11 is 5.17. The molecule has 2 saturated heterocycles. The van der Waals surface area contributed by atoms with E-state index >= 15 is 0 Å². The monoisotopic (exact) mass is 276 g/mol. The lowest BCUT2D eigenvalue weighted by molar-refractivity contribution is -0.138. The van der Waals surface area contributed by atoms with Gasteiger partial charge in [0.25, 0.3) is 11.5 Å². The molecule has 4 nitrogen and oxygen atoms in total.